The van der Waals surface area contributed by atoms with Gasteiger partial charge in [-0.3, -0.25) is 4.79 Å². The minimum absolute atomic E-state index is 0.0656. The Bertz CT molecular complexity index is 238. The highest BCUT2D eigenvalue weighted by atomic mass is 16.5. The lowest BCUT2D eigenvalue weighted by atomic mass is 9.99. The van der Waals surface area contributed by atoms with Crippen molar-refractivity contribution in [3.8, 4) is 0 Å². The Hall–Kier alpha value is -0.530. The van der Waals surface area contributed by atoms with Gasteiger partial charge in [0, 0.05) is 6.42 Å². The van der Waals surface area contributed by atoms with Gasteiger partial charge in [-0.15, -0.1) is 0 Å². The maximum absolute atomic E-state index is 10.9. The molecular weight excluding hydrogens is 272 g/mol. The van der Waals surface area contributed by atoms with Crippen molar-refractivity contribution in [3.05, 3.63) is 0 Å². The van der Waals surface area contributed by atoms with Gasteiger partial charge in [-0.05, 0) is 12.3 Å². The van der Waals surface area contributed by atoms with E-state index in [1.807, 2.05) is 0 Å². The first-order valence-electron chi connectivity index (χ1n) is 9.77. The van der Waals surface area contributed by atoms with Gasteiger partial charge >= 0.3 is 5.97 Å². The summed E-state index contributed by atoms with van der Waals surface area (Å²) in [6.45, 7) is 4.67. The normalized spacial score (nSPS) is 12.3. The van der Waals surface area contributed by atoms with Crippen molar-refractivity contribution in [2.75, 3.05) is 7.11 Å². The summed E-state index contributed by atoms with van der Waals surface area (Å²) in [6.07, 6.45) is 19.4. The molecule has 1 atom stereocenters. The van der Waals surface area contributed by atoms with E-state index in [0.29, 0.717) is 6.42 Å². The molecule has 1 unspecified atom stereocenters. The van der Waals surface area contributed by atoms with Crippen LogP contribution in [-0.4, -0.2) is 13.1 Å². The maximum Gasteiger partial charge on any atom is 0.305 e. The summed E-state index contributed by atoms with van der Waals surface area (Å²) in [5.41, 5.74) is 0. The lowest BCUT2D eigenvalue weighted by Gasteiger charge is -2.07. The molecule has 0 fully saturated rings. The second-order valence-electron chi connectivity index (χ2n) is 6.87. The van der Waals surface area contributed by atoms with Crippen LogP contribution in [0.3, 0.4) is 0 Å². The molecule has 0 aromatic rings. The van der Waals surface area contributed by atoms with Crippen molar-refractivity contribution in [3.63, 3.8) is 0 Å². The number of carbonyl (C=O) groups excluding carboxylic acids is 1. The number of rotatable bonds is 16. The molecule has 0 rings (SSSR count). The van der Waals surface area contributed by atoms with Crippen LogP contribution in [0.2, 0.25) is 0 Å². The minimum Gasteiger partial charge on any atom is -0.469 e. The monoisotopic (exact) mass is 312 g/mol. The average molecular weight is 313 g/mol. The van der Waals surface area contributed by atoms with Gasteiger partial charge in [-0.1, -0.05) is 97.3 Å². The third-order valence-corrected chi connectivity index (χ3v) is 4.75. The number of hydrogen-bond donors (Lipinski definition) is 0. The molecule has 0 heterocycles. The quantitative estimate of drug-likeness (QED) is 0.235. The summed E-state index contributed by atoms with van der Waals surface area (Å²) >= 11 is 0. The number of carbonyl (C=O) groups is 1. The molecular formula is C20H40O2. The Labute approximate surface area is 139 Å². The number of methoxy groups -OCH3 is 1. The highest BCUT2D eigenvalue weighted by molar-refractivity contribution is 5.68. The SMILES string of the molecule is CCC(C)CCCCCCCCCCCCCCC(=O)OC. The zero-order valence-corrected chi connectivity index (χ0v) is 15.5. The van der Waals surface area contributed by atoms with Gasteiger partial charge in [0.25, 0.3) is 0 Å². The van der Waals surface area contributed by atoms with Crippen molar-refractivity contribution in [1.29, 1.82) is 0 Å². The van der Waals surface area contributed by atoms with Crippen LogP contribution in [0.4, 0.5) is 0 Å². The highest BCUT2D eigenvalue weighted by Gasteiger charge is 2.00. The highest BCUT2D eigenvalue weighted by Crippen LogP contribution is 2.15. The molecule has 0 bridgehead atoms. The molecule has 0 aromatic carbocycles. The molecule has 2 nitrogen and oxygen atoms in total. The standard InChI is InChI=1S/C20H40O2/c1-4-19(2)17-15-13-11-9-7-5-6-8-10-12-14-16-18-20(21)22-3/h19H,4-18H2,1-3H3. The first kappa shape index (κ1) is 21.5. The molecule has 0 aromatic heterocycles. The molecule has 0 amide bonds. The molecule has 22 heavy (non-hydrogen) atoms. The van der Waals surface area contributed by atoms with Crippen LogP contribution in [0.15, 0.2) is 0 Å². The predicted octanol–water partition coefficient (Wildman–Crippen LogP) is 6.67. The molecule has 2 heteroatoms. The fourth-order valence-corrected chi connectivity index (χ4v) is 2.84. The average Bonchev–Trinajstić information content (AvgIpc) is 2.54. The molecule has 0 saturated carbocycles. The smallest absolute Gasteiger partial charge is 0.305 e. The van der Waals surface area contributed by atoms with Crippen LogP contribution in [0.5, 0.6) is 0 Å². The third kappa shape index (κ3) is 15.9. The van der Waals surface area contributed by atoms with Gasteiger partial charge in [-0.25, -0.2) is 0 Å². The zero-order valence-electron chi connectivity index (χ0n) is 15.5. The molecule has 0 N–H and O–H groups in total. The first-order valence-corrected chi connectivity index (χ1v) is 9.77. The second kappa shape index (κ2) is 16.8. The molecule has 0 radical (unpaired) electrons. The van der Waals surface area contributed by atoms with Crippen LogP contribution in [-0.2, 0) is 9.53 Å². The van der Waals surface area contributed by atoms with Gasteiger partial charge in [0.05, 0.1) is 7.11 Å². The largest absolute Gasteiger partial charge is 0.469 e. The molecule has 0 saturated heterocycles. The van der Waals surface area contributed by atoms with E-state index in [4.69, 9.17) is 0 Å². The van der Waals surface area contributed by atoms with Crippen molar-refractivity contribution in [1.82, 2.24) is 0 Å². The fourth-order valence-electron chi connectivity index (χ4n) is 2.84. The topological polar surface area (TPSA) is 26.3 Å². The fraction of sp³-hybridized carbons (Fsp3) is 0.950. The maximum atomic E-state index is 10.9. The molecule has 0 aliphatic carbocycles. The van der Waals surface area contributed by atoms with Crippen molar-refractivity contribution in [2.45, 2.75) is 110 Å². The minimum atomic E-state index is -0.0656. The summed E-state index contributed by atoms with van der Waals surface area (Å²) < 4.78 is 4.64. The van der Waals surface area contributed by atoms with Crippen LogP contribution in [0, 0.1) is 5.92 Å². The van der Waals surface area contributed by atoms with Gasteiger partial charge in [0.1, 0.15) is 0 Å². The molecule has 0 aliphatic heterocycles. The lowest BCUT2D eigenvalue weighted by molar-refractivity contribution is -0.140. The second-order valence-corrected chi connectivity index (χ2v) is 6.87. The summed E-state index contributed by atoms with van der Waals surface area (Å²) in [4.78, 5) is 10.9. The van der Waals surface area contributed by atoms with Crippen molar-refractivity contribution >= 4 is 5.97 Å². The lowest BCUT2D eigenvalue weighted by Crippen LogP contribution is -1.99. The third-order valence-electron chi connectivity index (χ3n) is 4.75. The van der Waals surface area contributed by atoms with Crippen LogP contribution >= 0.6 is 0 Å². The summed E-state index contributed by atoms with van der Waals surface area (Å²) in [5.74, 6) is 0.858. The van der Waals surface area contributed by atoms with Crippen molar-refractivity contribution in [2.24, 2.45) is 5.92 Å². The number of unbranched alkanes of at least 4 members (excludes halogenated alkanes) is 11. The van der Waals surface area contributed by atoms with E-state index >= 15 is 0 Å². The summed E-state index contributed by atoms with van der Waals surface area (Å²) in [5, 5.41) is 0. The molecule has 132 valence electrons. The van der Waals surface area contributed by atoms with E-state index in [2.05, 4.69) is 18.6 Å². The van der Waals surface area contributed by atoms with Gasteiger partial charge in [0.2, 0.25) is 0 Å². The van der Waals surface area contributed by atoms with Crippen molar-refractivity contribution < 1.29 is 9.53 Å². The number of esters is 1. The van der Waals surface area contributed by atoms with Crippen LogP contribution in [0.1, 0.15) is 110 Å². The Morgan fingerprint density at radius 1 is 0.773 bits per heavy atom. The van der Waals surface area contributed by atoms with Gasteiger partial charge in [-0.2, -0.15) is 0 Å². The Morgan fingerprint density at radius 3 is 1.59 bits per heavy atom. The summed E-state index contributed by atoms with van der Waals surface area (Å²) in [6, 6.07) is 0. The van der Waals surface area contributed by atoms with Crippen LogP contribution < -0.4 is 0 Å². The van der Waals surface area contributed by atoms with Gasteiger partial charge < -0.3 is 4.74 Å². The van der Waals surface area contributed by atoms with E-state index in [-0.39, 0.29) is 5.97 Å². The van der Waals surface area contributed by atoms with E-state index in [9.17, 15) is 4.79 Å². The number of ether oxygens (including phenoxy) is 1. The van der Waals surface area contributed by atoms with E-state index in [0.717, 1.165) is 12.3 Å². The molecule has 0 aliphatic rings. The molecule has 0 spiro atoms. The van der Waals surface area contributed by atoms with E-state index < -0.39 is 0 Å². The van der Waals surface area contributed by atoms with Gasteiger partial charge in [0.15, 0.2) is 0 Å². The zero-order chi connectivity index (χ0) is 16.5. The van der Waals surface area contributed by atoms with E-state index in [1.165, 1.54) is 90.6 Å². The first-order chi connectivity index (χ1) is 10.7. The Kier molecular flexibility index (Phi) is 16.4. The Morgan fingerprint density at radius 2 is 1.18 bits per heavy atom. The van der Waals surface area contributed by atoms with Crippen LogP contribution in [0.25, 0.3) is 0 Å². The summed E-state index contributed by atoms with van der Waals surface area (Å²) in [7, 11) is 1.47. The number of hydrogen-bond acceptors (Lipinski definition) is 2. The van der Waals surface area contributed by atoms with E-state index in [1.54, 1.807) is 0 Å². The predicted molar refractivity (Wildman–Crippen MR) is 96.1 cm³/mol. The Balaban J connectivity index is 3.04.